The van der Waals surface area contributed by atoms with Gasteiger partial charge < -0.3 is 10.6 Å². The molecule has 134 valence electrons. The van der Waals surface area contributed by atoms with E-state index in [0.717, 1.165) is 0 Å². The summed E-state index contributed by atoms with van der Waals surface area (Å²) in [6.07, 6.45) is 3.38. The summed E-state index contributed by atoms with van der Waals surface area (Å²) < 4.78 is 1.59. The van der Waals surface area contributed by atoms with Gasteiger partial charge in [-0.3, -0.25) is 19.2 Å². The highest BCUT2D eigenvalue weighted by Crippen LogP contribution is 2.17. The van der Waals surface area contributed by atoms with Gasteiger partial charge in [-0.1, -0.05) is 6.07 Å². The van der Waals surface area contributed by atoms with E-state index >= 15 is 0 Å². The van der Waals surface area contributed by atoms with E-state index in [2.05, 4.69) is 15.7 Å². The maximum atomic E-state index is 12.3. The molecule has 0 saturated heterocycles. The zero-order chi connectivity index (χ0) is 18.4. The second-order valence-electron chi connectivity index (χ2n) is 6.29. The van der Waals surface area contributed by atoms with Crippen molar-refractivity contribution in [3.8, 4) is 0 Å². The Balaban J connectivity index is 1.96. The predicted octanol–water partition coefficient (Wildman–Crippen LogP) is 2.36. The SMILES string of the molecule is CC(C)N(C)CC(=O)Nc1cccc(NC(=O)C(C)n2cccn2)c1. The Morgan fingerprint density at radius 3 is 2.44 bits per heavy atom. The molecule has 1 aromatic heterocycles. The molecule has 1 unspecified atom stereocenters. The molecule has 0 spiro atoms. The van der Waals surface area contributed by atoms with Crippen LogP contribution in [0.4, 0.5) is 11.4 Å². The molecule has 0 radical (unpaired) electrons. The fourth-order valence-electron chi connectivity index (χ4n) is 2.16. The van der Waals surface area contributed by atoms with Crippen molar-refractivity contribution in [1.82, 2.24) is 14.7 Å². The fourth-order valence-corrected chi connectivity index (χ4v) is 2.16. The number of hydrogen-bond donors (Lipinski definition) is 2. The van der Waals surface area contributed by atoms with E-state index in [-0.39, 0.29) is 11.8 Å². The maximum Gasteiger partial charge on any atom is 0.248 e. The highest BCUT2D eigenvalue weighted by Gasteiger charge is 2.15. The molecule has 0 fully saturated rings. The first-order chi connectivity index (χ1) is 11.9. The molecule has 7 heteroatoms. The van der Waals surface area contributed by atoms with Gasteiger partial charge in [0.25, 0.3) is 0 Å². The number of carbonyl (C=O) groups excluding carboxylic acids is 2. The number of amides is 2. The Morgan fingerprint density at radius 2 is 1.84 bits per heavy atom. The van der Waals surface area contributed by atoms with Crippen molar-refractivity contribution in [2.45, 2.75) is 32.9 Å². The number of nitrogens with zero attached hydrogens (tertiary/aromatic N) is 3. The molecule has 0 aliphatic rings. The first-order valence-electron chi connectivity index (χ1n) is 8.27. The van der Waals surface area contributed by atoms with Gasteiger partial charge in [0, 0.05) is 29.8 Å². The summed E-state index contributed by atoms with van der Waals surface area (Å²) in [5, 5.41) is 9.76. The number of aromatic nitrogens is 2. The third-order valence-electron chi connectivity index (χ3n) is 3.99. The van der Waals surface area contributed by atoms with Crippen molar-refractivity contribution in [2.75, 3.05) is 24.2 Å². The predicted molar refractivity (Wildman–Crippen MR) is 98.4 cm³/mol. The van der Waals surface area contributed by atoms with Gasteiger partial charge in [0.15, 0.2) is 0 Å². The molecule has 2 amide bonds. The van der Waals surface area contributed by atoms with Gasteiger partial charge in [-0.2, -0.15) is 5.10 Å². The van der Waals surface area contributed by atoms with Gasteiger partial charge in [-0.25, -0.2) is 0 Å². The lowest BCUT2D eigenvalue weighted by molar-refractivity contribution is -0.119. The molecule has 1 atom stereocenters. The number of anilines is 2. The highest BCUT2D eigenvalue weighted by molar-refractivity contribution is 5.96. The lowest BCUT2D eigenvalue weighted by atomic mass is 10.2. The van der Waals surface area contributed by atoms with Crippen LogP contribution in [0.2, 0.25) is 0 Å². The third-order valence-corrected chi connectivity index (χ3v) is 3.99. The Bertz CT molecular complexity index is 712. The van der Waals surface area contributed by atoms with Gasteiger partial charge >= 0.3 is 0 Å². The van der Waals surface area contributed by atoms with Gasteiger partial charge in [-0.15, -0.1) is 0 Å². The van der Waals surface area contributed by atoms with E-state index in [1.807, 2.05) is 25.8 Å². The number of carbonyl (C=O) groups is 2. The number of hydrogen-bond acceptors (Lipinski definition) is 4. The molecule has 25 heavy (non-hydrogen) atoms. The molecule has 0 saturated carbocycles. The quantitative estimate of drug-likeness (QED) is 0.809. The Hall–Kier alpha value is -2.67. The fraction of sp³-hybridized carbons (Fsp3) is 0.389. The summed E-state index contributed by atoms with van der Waals surface area (Å²) in [4.78, 5) is 26.3. The van der Waals surface area contributed by atoms with E-state index in [1.165, 1.54) is 0 Å². The number of nitrogens with one attached hydrogen (secondary N) is 2. The van der Waals surface area contributed by atoms with Crippen LogP contribution in [0.25, 0.3) is 0 Å². The molecule has 1 heterocycles. The summed E-state index contributed by atoms with van der Waals surface area (Å²) in [5.74, 6) is -0.267. The minimum absolute atomic E-state index is 0.0930. The van der Waals surface area contributed by atoms with Crippen LogP contribution in [0.15, 0.2) is 42.7 Å². The minimum atomic E-state index is -0.423. The number of likely N-dealkylation sites (N-methyl/N-ethyl adjacent to an activating group) is 1. The smallest absolute Gasteiger partial charge is 0.248 e. The lowest BCUT2D eigenvalue weighted by Crippen LogP contribution is -2.34. The average molecular weight is 343 g/mol. The molecule has 7 nitrogen and oxygen atoms in total. The average Bonchev–Trinajstić information content (AvgIpc) is 3.08. The van der Waals surface area contributed by atoms with Crippen molar-refractivity contribution >= 4 is 23.2 Å². The number of rotatable bonds is 7. The molecular weight excluding hydrogens is 318 g/mol. The topological polar surface area (TPSA) is 79.3 Å². The van der Waals surface area contributed by atoms with Crippen molar-refractivity contribution < 1.29 is 9.59 Å². The van der Waals surface area contributed by atoms with Crippen LogP contribution in [-0.2, 0) is 9.59 Å². The van der Waals surface area contributed by atoms with E-state index < -0.39 is 6.04 Å². The number of benzene rings is 1. The second kappa shape index (κ2) is 8.43. The molecular formula is C18H25N5O2. The Kier molecular flexibility index (Phi) is 6.30. The van der Waals surface area contributed by atoms with Crippen LogP contribution in [0, 0.1) is 0 Å². The van der Waals surface area contributed by atoms with Crippen LogP contribution in [-0.4, -0.2) is 46.1 Å². The molecule has 1 aromatic carbocycles. The Labute approximate surface area is 148 Å². The second-order valence-corrected chi connectivity index (χ2v) is 6.29. The molecule has 2 N–H and O–H groups in total. The lowest BCUT2D eigenvalue weighted by Gasteiger charge is -2.20. The van der Waals surface area contributed by atoms with Crippen LogP contribution in [0.3, 0.4) is 0 Å². The van der Waals surface area contributed by atoms with Crippen LogP contribution >= 0.6 is 0 Å². The monoisotopic (exact) mass is 343 g/mol. The minimum Gasteiger partial charge on any atom is -0.325 e. The van der Waals surface area contributed by atoms with Gasteiger partial charge in [0.1, 0.15) is 6.04 Å². The largest absolute Gasteiger partial charge is 0.325 e. The summed E-state index contributed by atoms with van der Waals surface area (Å²) >= 11 is 0. The molecule has 2 aromatic rings. The highest BCUT2D eigenvalue weighted by atomic mass is 16.2. The van der Waals surface area contributed by atoms with E-state index in [9.17, 15) is 9.59 Å². The molecule has 0 aliphatic heterocycles. The van der Waals surface area contributed by atoms with Crippen LogP contribution in [0.5, 0.6) is 0 Å². The third kappa shape index (κ3) is 5.42. The van der Waals surface area contributed by atoms with Crippen LogP contribution < -0.4 is 10.6 Å². The zero-order valence-corrected chi connectivity index (χ0v) is 15.1. The summed E-state index contributed by atoms with van der Waals surface area (Å²) in [6.45, 7) is 6.15. The molecule has 0 aliphatic carbocycles. The van der Waals surface area contributed by atoms with Gasteiger partial charge in [-0.05, 0) is 52.1 Å². The Morgan fingerprint density at radius 1 is 1.16 bits per heavy atom. The van der Waals surface area contributed by atoms with E-state index in [0.29, 0.717) is 24.0 Å². The van der Waals surface area contributed by atoms with E-state index in [4.69, 9.17) is 0 Å². The van der Waals surface area contributed by atoms with Crippen molar-refractivity contribution in [3.63, 3.8) is 0 Å². The molecule has 2 rings (SSSR count). The van der Waals surface area contributed by atoms with Crippen molar-refractivity contribution in [2.24, 2.45) is 0 Å². The van der Waals surface area contributed by atoms with Crippen molar-refractivity contribution in [3.05, 3.63) is 42.7 Å². The van der Waals surface area contributed by atoms with E-state index in [1.54, 1.807) is 54.3 Å². The summed E-state index contributed by atoms with van der Waals surface area (Å²) in [7, 11) is 1.90. The van der Waals surface area contributed by atoms with Gasteiger partial charge in [0.05, 0.1) is 6.54 Å². The standard InChI is InChI=1S/C18H25N5O2/c1-13(2)22(4)12-17(24)20-15-7-5-8-16(11-15)21-18(25)14(3)23-10-6-9-19-23/h5-11,13-14H,12H2,1-4H3,(H,20,24)(H,21,25). The van der Waals surface area contributed by atoms with Crippen LogP contribution in [0.1, 0.15) is 26.8 Å². The van der Waals surface area contributed by atoms with Crippen molar-refractivity contribution in [1.29, 1.82) is 0 Å². The summed E-state index contributed by atoms with van der Waals surface area (Å²) in [6, 6.07) is 8.74. The first-order valence-corrected chi connectivity index (χ1v) is 8.27. The summed E-state index contributed by atoms with van der Waals surface area (Å²) in [5.41, 5.74) is 1.27. The zero-order valence-electron chi connectivity index (χ0n) is 15.1. The maximum absolute atomic E-state index is 12.3. The van der Waals surface area contributed by atoms with Gasteiger partial charge in [0.2, 0.25) is 11.8 Å². The molecule has 0 bridgehead atoms. The first kappa shape index (κ1) is 18.7. The normalized spacial score (nSPS) is 12.2.